The highest BCUT2D eigenvalue weighted by atomic mass is 35.5. The first-order chi connectivity index (χ1) is 15.5. The van der Waals surface area contributed by atoms with Gasteiger partial charge in [-0.2, -0.15) is 0 Å². The highest BCUT2D eigenvalue weighted by Crippen LogP contribution is 2.34. The predicted molar refractivity (Wildman–Crippen MR) is 125 cm³/mol. The predicted octanol–water partition coefficient (Wildman–Crippen LogP) is 3.38. The summed E-state index contributed by atoms with van der Waals surface area (Å²) >= 11 is 6.35. The fraction of sp³-hybridized carbons (Fsp3) is 0.304. The lowest BCUT2D eigenvalue weighted by molar-refractivity contribution is -0.117. The Bertz CT molecular complexity index is 1140. The number of hydrogen-bond donors (Lipinski definition) is 2. The van der Waals surface area contributed by atoms with E-state index in [9.17, 15) is 9.59 Å². The number of nitrogens with zero attached hydrogens (tertiary/aromatic N) is 2. The lowest BCUT2D eigenvalue weighted by Gasteiger charge is -2.36. The van der Waals surface area contributed by atoms with Crippen LogP contribution in [0.1, 0.15) is 10.5 Å². The second-order valence-electron chi connectivity index (χ2n) is 7.51. The molecule has 1 fully saturated rings. The highest BCUT2D eigenvalue weighted by Gasteiger charge is 2.24. The first kappa shape index (κ1) is 22.0. The Balaban J connectivity index is 1.44. The monoisotopic (exact) mass is 456 g/mol. The van der Waals surface area contributed by atoms with E-state index in [1.165, 1.54) is 7.11 Å². The van der Waals surface area contributed by atoms with Gasteiger partial charge in [-0.15, -0.1) is 0 Å². The molecule has 32 heavy (non-hydrogen) atoms. The molecule has 8 nitrogen and oxygen atoms in total. The number of para-hydroxylation sites is 2. The van der Waals surface area contributed by atoms with Gasteiger partial charge < -0.3 is 24.7 Å². The zero-order valence-electron chi connectivity index (χ0n) is 18.0. The van der Waals surface area contributed by atoms with Crippen LogP contribution in [0, 0.1) is 0 Å². The quantitative estimate of drug-likeness (QED) is 0.553. The number of esters is 1. The molecular formula is C23H25ClN4O4. The van der Waals surface area contributed by atoms with Crippen LogP contribution in [0.5, 0.6) is 5.75 Å². The number of carbonyl (C=O) groups is 2. The molecule has 2 heterocycles. The molecule has 3 aromatic rings. The lowest BCUT2D eigenvalue weighted by atomic mass is 10.2. The Morgan fingerprint density at radius 1 is 1.06 bits per heavy atom. The number of aromatic nitrogens is 1. The van der Waals surface area contributed by atoms with E-state index in [2.05, 4.69) is 20.1 Å². The van der Waals surface area contributed by atoms with Gasteiger partial charge in [0, 0.05) is 37.1 Å². The van der Waals surface area contributed by atoms with Crippen LogP contribution >= 0.6 is 11.6 Å². The summed E-state index contributed by atoms with van der Waals surface area (Å²) < 4.78 is 10.3. The normalized spacial score (nSPS) is 14.4. The number of hydrogen-bond acceptors (Lipinski definition) is 6. The Labute approximate surface area is 191 Å². The molecule has 1 aliphatic heterocycles. The number of amides is 1. The highest BCUT2D eigenvalue weighted by molar-refractivity contribution is 6.37. The second kappa shape index (κ2) is 9.50. The number of aromatic amines is 1. The molecule has 1 amide bonds. The third-order valence-electron chi connectivity index (χ3n) is 5.59. The maximum Gasteiger partial charge on any atom is 0.356 e. The maximum absolute atomic E-state index is 12.9. The van der Waals surface area contributed by atoms with Crippen molar-refractivity contribution in [3.63, 3.8) is 0 Å². The SMILES string of the molecule is COC(=O)c1[nH]c2cccc(Cl)c2c1NC(=O)CN1CCN(c2ccccc2OC)CC1. The van der Waals surface area contributed by atoms with Crippen LogP contribution in [0.2, 0.25) is 5.02 Å². The summed E-state index contributed by atoms with van der Waals surface area (Å²) in [6.45, 7) is 3.21. The molecule has 4 rings (SSSR count). The smallest absolute Gasteiger partial charge is 0.356 e. The number of rotatable bonds is 6. The van der Waals surface area contributed by atoms with E-state index < -0.39 is 5.97 Å². The molecule has 1 aromatic heterocycles. The number of benzene rings is 2. The molecule has 0 unspecified atom stereocenters. The van der Waals surface area contributed by atoms with Crippen molar-refractivity contribution in [1.82, 2.24) is 9.88 Å². The molecule has 0 atom stereocenters. The van der Waals surface area contributed by atoms with E-state index in [-0.39, 0.29) is 18.1 Å². The number of anilines is 2. The van der Waals surface area contributed by atoms with Crippen molar-refractivity contribution in [2.45, 2.75) is 0 Å². The number of ether oxygens (including phenoxy) is 2. The summed E-state index contributed by atoms with van der Waals surface area (Å²) in [5.41, 5.74) is 2.22. The van der Waals surface area contributed by atoms with Crippen molar-refractivity contribution >= 4 is 45.8 Å². The molecular weight excluding hydrogens is 432 g/mol. The summed E-state index contributed by atoms with van der Waals surface area (Å²) in [6.07, 6.45) is 0. The Morgan fingerprint density at radius 3 is 2.53 bits per heavy atom. The van der Waals surface area contributed by atoms with E-state index in [1.807, 2.05) is 24.3 Å². The number of piperazine rings is 1. The van der Waals surface area contributed by atoms with E-state index in [4.69, 9.17) is 21.1 Å². The third-order valence-corrected chi connectivity index (χ3v) is 5.91. The van der Waals surface area contributed by atoms with Gasteiger partial charge in [-0.25, -0.2) is 4.79 Å². The van der Waals surface area contributed by atoms with Crippen LogP contribution in [-0.4, -0.2) is 68.7 Å². The van der Waals surface area contributed by atoms with Crippen molar-refractivity contribution in [2.75, 3.05) is 57.2 Å². The first-order valence-corrected chi connectivity index (χ1v) is 10.7. The Hall–Kier alpha value is -3.23. The van der Waals surface area contributed by atoms with Crippen molar-refractivity contribution in [2.24, 2.45) is 0 Å². The van der Waals surface area contributed by atoms with E-state index >= 15 is 0 Å². The summed E-state index contributed by atoms with van der Waals surface area (Å²) in [5.74, 6) is 0.0463. The molecule has 2 aromatic carbocycles. The molecule has 1 saturated heterocycles. The van der Waals surface area contributed by atoms with Crippen LogP contribution < -0.4 is 15.0 Å². The number of nitrogens with one attached hydrogen (secondary N) is 2. The minimum absolute atomic E-state index is 0.171. The third kappa shape index (κ3) is 4.37. The number of halogens is 1. The van der Waals surface area contributed by atoms with Gasteiger partial charge in [0.05, 0.1) is 37.2 Å². The number of fused-ring (bicyclic) bond motifs is 1. The van der Waals surface area contributed by atoms with E-state index in [0.29, 0.717) is 21.6 Å². The minimum atomic E-state index is -0.571. The molecule has 0 bridgehead atoms. The molecule has 2 N–H and O–H groups in total. The molecule has 0 radical (unpaired) electrons. The van der Waals surface area contributed by atoms with Gasteiger partial charge in [0.25, 0.3) is 0 Å². The largest absolute Gasteiger partial charge is 0.495 e. The zero-order chi connectivity index (χ0) is 22.7. The molecule has 0 spiro atoms. The standard InChI is InChI=1S/C23H25ClN4O4/c1-31-18-9-4-3-8-17(18)28-12-10-27(11-13-28)14-19(29)26-21-20-15(24)6-5-7-16(20)25-22(21)23(30)32-2/h3-9,25H,10-14H2,1-2H3,(H,26,29). The summed E-state index contributed by atoms with van der Waals surface area (Å²) in [5, 5.41) is 3.89. The number of H-pyrrole nitrogens is 1. The lowest BCUT2D eigenvalue weighted by Crippen LogP contribution is -2.48. The van der Waals surface area contributed by atoms with Crippen LogP contribution in [0.15, 0.2) is 42.5 Å². The van der Waals surface area contributed by atoms with Gasteiger partial charge >= 0.3 is 5.97 Å². The molecule has 168 valence electrons. The van der Waals surface area contributed by atoms with Gasteiger partial charge in [0.1, 0.15) is 11.4 Å². The second-order valence-corrected chi connectivity index (χ2v) is 7.92. The molecule has 0 aliphatic carbocycles. The van der Waals surface area contributed by atoms with Crippen molar-refractivity contribution in [3.05, 3.63) is 53.2 Å². The van der Waals surface area contributed by atoms with Gasteiger partial charge in [-0.05, 0) is 24.3 Å². The Kier molecular flexibility index (Phi) is 6.53. The van der Waals surface area contributed by atoms with Crippen molar-refractivity contribution < 1.29 is 19.1 Å². The van der Waals surface area contributed by atoms with Crippen molar-refractivity contribution in [1.29, 1.82) is 0 Å². The summed E-state index contributed by atoms with van der Waals surface area (Å²) in [6, 6.07) is 13.2. The number of carbonyl (C=O) groups excluding carboxylic acids is 2. The van der Waals surface area contributed by atoms with E-state index in [0.717, 1.165) is 37.6 Å². The molecule has 0 saturated carbocycles. The van der Waals surface area contributed by atoms with Gasteiger partial charge in [-0.1, -0.05) is 29.8 Å². The van der Waals surface area contributed by atoms with Gasteiger partial charge in [0.15, 0.2) is 0 Å². The first-order valence-electron chi connectivity index (χ1n) is 10.3. The zero-order valence-corrected chi connectivity index (χ0v) is 18.7. The van der Waals surface area contributed by atoms with Gasteiger partial charge in [-0.3, -0.25) is 9.69 Å². The Morgan fingerprint density at radius 2 is 1.81 bits per heavy atom. The minimum Gasteiger partial charge on any atom is -0.495 e. The fourth-order valence-corrected chi connectivity index (χ4v) is 4.27. The van der Waals surface area contributed by atoms with Crippen LogP contribution in [0.3, 0.4) is 0 Å². The average molecular weight is 457 g/mol. The van der Waals surface area contributed by atoms with Crippen molar-refractivity contribution in [3.8, 4) is 5.75 Å². The maximum atomic E-state index is 12.9. The average Bonchev–Trinajstić information content (AvgIpc) is 3.18. The molecule has 1 aliphatic rings. The van der Waals surface area contributed by atoms with Crippen LogP contribution in [-0.2, 0) is 9.53 Å². The van der Waals surface area contributed by atoms with Crippen LogP contribution in [0.25, 0.3) is 10.9 Å². The topological polar surface area (TPSA) is 86.9 Å². The summed E-state index contributed by atoms with van der Waals surface area (Å²) in [7, 11) is 2.96. The number of methoxy groups -OCH3 is 2. The summed E-state index contributed by atoms with van der Waals surface area (Å²) in [4.78, 5) is 32.4. The van der Waals surface area contributed by atoms with Gasteiger partial charge in [0.2, 0.25) is 5.91 Å². The van der Waals surface area contributed by atoms with E-state index in [1.54, 1.807) is 25.3 Å². The molecule has 9 heteroatoms. The van der Waals surface area contributed by atoms with Crippen LogP contribution in [0.4, 0.5) is 11.4 Å². The fourth-order valence-electron chi connectivity index (χ4n) is 4.00.